The Labute approximate surface area is 182 Å². The summed E-state index contributed by atoms with van der Waals surface area (Å²) in [5.41, 5.74) is 4.04. The van der Waals surface area contributed by atoms with Gasteiger partial charge < -0.3 is 9.80 Å². The Balaban J connectivity index is 1.20. The molecule has 0 bridgehead atoms. The fraction of sp³-hybridized carbons (Fsp3) is 0.654. The van der Waals surface area contributed by atoms with Gasteiger partial charge in [0.2, 0.25) is 5.91 Å². The monoisotopic (exact) mass is 409 g/mol. The first-order valence-corrected chi connectivity index (χ1v) is 12.1. The van der Waals surface area contributed by atoms with Crippen molar-refractivity contribution in [2.24, 2.45) is 5.92 Å². The molecule has 0 saturated carbocycles. The van der Waals surface area contributed by atoms with E-state index in [1.54, 1.807) is 0 Å². The number of rotatable bonds is 5. The summed E-state index contributed by atoms with van der Waals surface area (Å²) in [5.74, 6) is 0.927. The second-order valence-electron chi connectivity index (χ2n) is 9.63. The summed E-state index contributed by atoms with van der Waals surface area (Å²) in [5, 5.41) is 0. The number of benzene rings is 1. The lowest BCUT2D eigenvalue weighted by atomic mass is 9.94. The lowest BCUT2D eigenvalue weighted by Crippen LogP contribution is -2.48. The largest absolute Gasteiger partial charge is 0.342 e. The van der Waals surface area contributed by atoms with Gasteiger partial charge in [0, 0.05) is 32.2 Å². The van der Waals surface area contributed by atoms with Gasteiger partial charge in [-0.05, 0) is 88.1 Å². The van der Waals surface area contributed by atoms with E-state index in [2.05, 4.69) is 58.9 Å². The average molecular weight is 410 g/mol. The second-order valence-corrected chi connectivity index (χ2v) is 9.63. The number of likely N-dealkylation sites (tertiary alicyclic amines) is 3. The third-order valence-electron chi connectivity index (χ3n) is 7.54. The molecule has 0 aromatic heterocycles. The van der Waals surface area contributed by atoms with Gasteiger partial charge in [-0.1, -0.05) is 30.4 Å². The van der Waals surface area contributed by atoms with Gasteiger partial charge in [-0.2, -0.15) is 0 Å². The smallest absolute Gasteiger partial charge is 0.236 e. The van der Waals surface area contributed by atoms with Crippen LogP contribution < -0.4 is 0 Å². The number of piperidine rings is 2. The van der Waals surface area contributed by atoms with Crippen LogP contribution in [0.15, 0.2) is 24.3 Å². The van der Waals surface area contributed by atoms with E-state index < -0.39 is 0 Å². The van der Waals surface area contributed by atoms with E-state index in [9.17, 15) is 4.79 Å². The Morgan fingerprint density at radius 3 is 2.20 bits per heavy atom. The molecule has 1 amide bonds. The van der Waals surface area contributed by atoms with Crippen molar-refractivity contribution in [3.63, 3.8) is 0 Å². The summed E-state index contributed by atoms with van der Waals surface area (Å²) < 4.78 is 0. The van der Waals surface area contributed by atoms with Crippen LogP contribution >= 0.6 is 0 Å². The van der Waals surface area contributed by atoms with Crippen LogP contribution in [-0.2, 0) is 4.79 Å². The standard InChI is InChI=1S/C26H39N3O/c1-21-6-5-7-22(2)25(21)9-8-23-10-18-29(19-11-23)26(30)20-27-16-12-24(13-17-27)28-14-3-4-15-28/h5-9,23-24H,3-4,10-20H2,1-2H3/b9-8+. The van der Waals surface area contributed by atoms with Gasteiger partial charge in [0.1, 0.15) is 0 Å². The SMILES string of the molecule is Cc1cccc(C)c1/C=C/C1CCN(C(=O)CN2CCC(N3CCCC3)CC2)CC1. The van der Waals surface area contributed by atoms with Gasteiger partial charge >= 0.3 is 0 Å². The molecule has 0 unspecified atom stereocenters. The van der Waals surface area contributed by atoms with Crippen LogP contribution in [0.25, 0.3) is 6.08 Å². The van der Waals surface area contributed by atoms with Crippen molar-refractivity contribution in [3.05, 3.63) is 41.0 Å². The summed E-state index contributed by atoms with van der Waals surface area (Å²) in [6.07, 6.45) is 12.1. The molecule has 164 valence electrons. The van der Waals surface area contributed by atoms with Crippen LogP contribution in [0.2, 0.25) is 0 Å². The molecular formula is C26H39N3O. The van der Waals surface area contributed by atoms with Gasteiger partial charge in [-0.15, -0.1) is 0 Å². The highest BCUT2D eigenvalue weighted by Gasteiger charge is 2.28. The van der Waals surface area contributed by atoms with Gasteiger partial charge in [-0.3, -0.25) is 9.69 Å². The molecule has 4 heteroatoms. The molecule has 0 radical (unpaired) electrons. The molecule has 3 saturated heterocycles. The highest BCUT2D eigenvalue weighted by Crippen LogP contribution is 2.24. The molecule has 4 nitrogen and oxygen atoms in total. The lowest BCUT2D eigenvalue weighted by Gasteiger charge is -2.38. The number of carbonyl (C=O) groups is 1. The van der Waals surface area contributed by atoms with Crippen LogP contribution in [0.5, 0.6) is 0 Å². The molecule has 1 aromatic carbocycles. The second kappa shape index (κ2) is 10.1. The summed E-state index contributed by atoms with van der Waals surface area (Å²) in [6.45, 7) is 11.5. The highest BCUT2D eigenvalue weighted by molar-refractivity contribution is 5.78. The Kier molecular flexibility index (Phi) is 7.27. The molecule has 3 aliphatic rings. The number of hydrogen-bond acceptors (Lipinski definition) is 3. The Morgan fingerprint density at radius 1 is 0.933 bits per heavy atom. The van der Waals surface area contributed by atoms with Crippen molar-refractivity contribution in [1.82, 2.24) is 14.7 Å². The van der Waals surface area contributed by atoms with Crippen LogP contribution in [0, 0.1) is 19.8 Å². The Bertz CT molecular complexity index is 716. The maximum Gasteiger partial charge on any atom is 0.236 e. The number of allylic oxidation sites excluding steroid dienone is 1. The first-order chi connectivity index (χ1) is 14.6. The van der Waals surface area contributed by atoms with Gasteiger partial charge in [-0.25, -0.2) is 0 Å². The predicted octanol–water partition coefficient (Wildman–Crippen LogP) is 4.12. The van der Waals surface area contributed by atoms with E-state index in [-0.39, 0.29) is 0 Å². The maximum absolute atomic E-state index is 12.8. The zero-order valence-electron chi connectivity index (χ0n) is 19.0. The molecule has 3 heterocycles. The number of amides is 1. The van der Waals surface area contributed by atoms with Crippen molar-refractivity contribution in [2.75, 3.05) is 45.8 Å². The molecule has 4 rings (SSSR count). The minimum atomic E-state index is 0.340. The molecule has 0 N–H and O–H groups in total. The predicted molar refractivity (Wildman–Crippen MR) is 125 cm³/mol. The third-order valence-corrected chi connectivity index (χ3v) is 7.54. The normalized spacial score (nSPS) is 22.9. The van der Waals surface area contributed by atoms with Crippen LogP contribution in [0.4, 0.5) is 0 Å². The van der Waals surface area contributed by atoms with E-state index in [1.165, 1.54) is 55.5 Å². The van der Waals surface area contributed by atoms with Crippen LogP contribution in [0.1, 0.15) is 55.2 Å². The summed E-state index contributed by atoms with van der Waals surface area (Å²) >= 11 is 0. The molecular weight excluding hydrogens is 370 g/mol. The average Bonchev–Trinajstić information content (AvgIpc) is 3.29. The minimum Gasteiger partial charge on any atom is -0.342 e. The van der Waals surface area contributed by atoms with E-state index >= 15 is 0 Å². The maximum atomic E-state index is 12.8. The minimum absolute atomic E-state index is 0.340. The van der Waals surface area contributed by atoms with Crippen molar-refractivity contribution in [1.29, 1.82) is 0 Å². The fourth-order valence-electron chi connectivity index (χ4n) is 5.50. The summed E-state index contributed by atoms with van der Waals surface area (Å²) in [6, 6.07) is 7.25. The topological polar surface area (TPSA) is 26.8 Å². The highest BCUT2D eigenvalue weighted by atomic mass is 16.2. The molecule has 1 aromatic rings. The first kappa shape index (κ1) is 21.6. The van der Waals surface area contributed by atoms with E-state index in [4.69, 9.17) is 0 Å². The number of hydrogen-bond donors (Lipinski definition) is 0. The van der Waals surface area contributed by atoms with E-state index in [0.29, 0.717) is 18.4 Å². The Morgan fingerprint density at radius 2 is 1.57 bits per heavy atom. The molecule has 3 fully saturated rings. The third kappa shape index (κ3) is 5.33. The zero-order chi connectivity index (χ0) is 20.9. The van der Waals surface area contributed by atoms with Gasteiger partial charge in [0.25, 0.3) is 0 Å². The van der Waals surface area contributed by atoms with Gasteiger partial charge in [0.05, 0.1) is 6.54 Å². The summed E-state index contributed by atoms with van der Waals surface area (Å²) in [7, 11) is 0. The molecule has 3 aliphatic heterocycles. The molecule has 0 spiro atoms. The van der Waals surface area contributed by atoms with Crippen LogP contribution in [-0.4, -0.2) is 72.5 Å². The quantitative estimate of drug-likeness (QED) is 0.732. The molecule has 0 aliphatic carbocycles. The van der Waals surface area contributed by atoms with Crippen molar-refractivity contribution < 1.29 is 4.79 Å². The lowest BCUT2D eigenvalue weighted by molar-refractivity contribution is -0.134. The van der Waals surface area contributed by atoms with Crippen molar-refractivity contribution in [2.45, 2.75) is 58.4 Å². The molecule has 30 heavy (non-hydrogen) atoms. The number of carbonyl (C=O) groups excluding carboxylic acids is 1. The van der Waals surface area contributed by atoms with Crippen LogP contribution in [0.3, 0.4) is 0 Å². The fourth-order valence-corrected chi connectivity index (χ4v) is 5.50. The van der Waals surface area contributed by atoms with Crippen molar-refractivity contribution in [3.8, 4) is 0 Å². The number of nitrogens with zero attached hydrogens (tertiary/aromatic N) is 3. The van der Waals surface area contributed by atoms with E-state index in [1.807, 2.05) is 0 Å². The Hall–Kier alpha value is -1.65. The van der Waals surface area contributed by atoms with Crippen molar-refractivity contribution >= 4 is 12.0 Å². The summed E-state index contributed by atoms with van der Waals surface area (Å²) in [4.78, 5) is 20.0. The first-order valence-electron chi connectivity index (χ1n) is 12.1. The van der Waals surface area contributed by atoms with E-state index in [0.717, 1.165) is 45.1 Å². The molecule has 0 atom stereocenters. The van der Waals surface area contributed by atoms with Gasteiger partial charge in [0.15, 0.2) is 0 Å². The zero-order valence-corrected chi connectivity index (χ0v) is 19.0. The number of aryl methyl sites for hydroxylation is 2.